The maximum absolute atomic E-state index is 13.4. The number of unbranched alkanes of at least 4 members (excludes halogenated alkanes) is 1. The van der Waals surface area contributed by atoms with E-state index in [4.69, 9.17) is 4.74 Å². The number of aryl methyl sites for hydroxylation is 1. The van der Waals surface area contributed by atoms with Crippen molar-refractivity contribution in [2.24, 2.45) is 5.92 Å². The Labute approximate surface area is 215 Å². The summed E-state index contributed by atoms with van der Waals surface area (Å²) in [7, 11) is 0. The molecule has 1 spiro atoms. The topological polar surface area (TPSA) is 74.8 Å². The van der Waals surface area contributed by atoms with Crippen molar-refractivity contribution in [2.75, 3.05) is 19.6 Å². The van der Waals surface area contributed by atoms with Crippen molar-refractivity contribution in [3.63, 3.8) is 0 Å². The van der Waals surface area contributed by atoms with Gasteiger partial charge in [0.1, 0.15) is 17.3 Å². The molecule has 2 amide bonds. The highest BCUT2D eigenvalue weighted by Crippen LogP contribution is 2.35. The zero-order valence-electron chi connectivity index (χ0n) is 22.1. The van der Waals surface area contributed by atoms with Gasteiger partial charge in [0.2, 0.25) is 17.7 Å². The normalized spacial score (nSPS) is 20.1. The first kappa shape index (κ1) is 26.1. The van der Waals surface area contributed by atoms with Crippen molar-refractivity contribution in [1.82, 2.24) is 20.1 Å². The number of nitrogens with one attached hydrogen (secondary N) is 1. The van der Waals surface area contributed by atoms with E-state index in [1.807, 2.05) is 36.1 Å². The first-order valence-electron chi connectivity index (χ1n) is 13.3. The van der Waals surface area contributed by atoms with Gasteiger partial charge in [-0.2, -0.15) is 0 Å². The van der Waals surface area contributed by atoms with Crippen molar-refractivity contribution >= 4 is 11.8 Å². The minimum Gasteiger partial charge on any atom is -0.439 e. The summed E-state index contributed by atoms with van der Waals surface area (Å²) in [6.45, 7) is 11.3. The van der Waals surface area contributed by atoms with E-state index in [9.17, 15) is 9.59 Å². The number of piperazine rings is 1. The molecule has 0 radical (unpaired) electrons. The molecule has 2 saturated heterocycles. The first-order valence-corrected chi connectivity index (χ1v) is 13.3. The van der Waals surface area contributed by atoms with Crippen LogP contribution in [-0.4, -0.2) is 57.8 Å². The summed E-state index contributed by atoms with van der Waals surface area (Å²) < 4.78 is 5.85. The van der Waals surface area contributed by atoms with Crippen LogP contribution in [-0.2, 0) is 16.1 Å². The number of hydrogen-bond acceptors (Lipinski definition) is 5. The van der Waals surface area contributed by atoms with Gasteiger partial charge in [-0.05, 0) is 61.8 Å². The lowest BCUT2D eigenvalue weighted by atomic mass is 9.80. The number of pyridine rings is 1. The van der Waals surface area contributed by atoms with Crippen LogP contribution in [0.5, 0.6) is 11.6 Å². The Morgan fingerprint density at radius 3 is 2.44 bits per heavy atom. The molecule has 194 valence electrons. The molecule has 2 aliphatic heterocycles. The van der Waals surface area contributed by atoms with Crippen LogP contribution >= 0.6 is 0 Å². The van der Waals surface area contributed by atoms with Crippen molar-refractivity contribution < 1.29 is 14.3 Å². The second-order valence-corrected chi connectivity index (χ2v) is 10.7. The van der Waals surface area contributed by atoms with E-state index in [1.165, 1.54) is 5.56 Å². The maximum Gasteiger partial charge on any atom is 0.246 e. The minimum absolute atomic E-state index is 0.0368. The van der Waals surface area contributed by atoms with Crippen LogP contribution in [0.3, 0.4) is 0 Å². The number of hydrogen-bond donors (Lipinski definition) is 1. The number of ether oxygens (including phenoxy) is 1. The van der Waals surface area contributed by atoms with Gasteiger partial charge in [-0.1, -0.05) is 45.4 Å². The molecule has 1 N–H and O–H groups in total. The van der Waals surface area contributed by atoms with E-state index in [2.05, 4.69) is 48.1 Å². The van der Waals surface area contributed by atoms with Gasteiger partial charge >= 0.3 is 0 Å². The summed E-state index contributed by atoms with van der Waals surface area (Å²) in [4.78, 5) is 35.4. The fourth-order valence-electron chi connectivity index (χ4n) is 5.28. The van der Waals surface area contributed by atoms with E-state index in [0.717, 1.165) is 43.8 Å². The highest BCUT2D eigenvalue weighted by atomic mass is 16.5. The second-order valence-electron chi connectivity index (χ2n) is 10.7. The summed E-state index contributed by atoms with van der Waals surface area (Å²) in [5.74, 6) is 1.83. The van der Waals surface area contributed by atoms with Gasteiger partial charge < -0.3 is 15.0 Å². The van der Waals surface area contributed by atoms with Crippen molar-refractivity contribution in [1.29, 1.82) is 0 Å². The van der Waals surface area contributed by atoms with Crippen LogP contribution in [0.4, 0.5) is 0 Å². The molecule has 2 aromatic rings. The summed E-state index contributed by atoms with van der Waals surface area (Å²) in [5, 5.41) is 3.09. The van der Waals surface area contributed by atoms with E-state index in [-0.39, 0.29) is 11.8 Å². The minimum atomic E-state index is -0.713. The molecule has 1 atom stereocenters. The lowest BCUT2D eigenvalue weighted by Crippen LogP contribution is -2.73. The summed E-state index contributed by atoms with van der Waals surface area (Å²) in [5.41, 5.74) is 1.58. The molecule has 0 saturated carbocycles. The largest absolute Gasteiger partial charge is 0.439 e. The number of carbonyl (C=O) groups is 2. The van der Waals surface area contributed by atoms with Crippen molar-refractivity contribution in [2.45, 2.75) is 77.9 Å². The third kappa shape index (κ3) is 5.89. The van der Waals surface area contributed by atoms with E-state index >= 15 is 0 Å². The molecule has 2 aliphatic rings. The van der Waals surface area contributed by atoms with Gasteiger partial charge in [0.05, 0.1) is 0 Å². The van der Waals surface area contributed by atoms with Gasteiger partial charge in [-0.15, -0.1) is 0 Å². The van der Waals surface area contributed by atoms with Crippen LogP contribution in [0, 0.1) is 12.8 Å². The Hall–Kier alpha value is -2.93. The molecule has 1 aromatic carbocycles. The Morgan fingerprint density at radius 2 is 1.83 bits per heavy atom. The number of benzene rings is 1. The standard InChI is InChI=1S/C29H40N4O3/c1-5-6-15-33-27(34)25(18-21(2)3)31-28(35)29(33)13-16-32(17-14-29)20-23-8-10-24(11-9-23)36-26-12-7-22(4)19-30-26/h7-12,19,21,25H,5-6,13-18,20H2,1-4H3,(H,31,35). The number of rotatable bonds is 9. The third-order valence-electron chi connectivity index (χ3n) is 7.37. The van der Waals surface area contributed by atoms with Gasteiger partial charge in [0.25, 0.3) is 0 Å². The smallest absolute Gasteiger partial charge is 0.246 e. The van der Waals surface area contributed by atoms with E-state index in [0.29, 0.717) is 37.6 Å². The molecule has 7 heteroatoms. The molecule has 1 unspecified atom stereocenters. The molecule has 0 bridgehead atoms. The predicted octanol–water partition coefficient (Wildman–Crippen LogP) is 4.69. The van der Waals surface area contributed by atoms with Crippen LogP contribution < -0.4 is 10.1 Å². The molecular formula is C29H40N4O3. The zero-order valence-corrected chi connectivity index (χ0v) is 22.1. The maximum atomic E-state index is 13.4. The third-order valence-corrected chi connectivity index (χ3v) is 7.37. The molecule has 3 heterocycles. The zero-order chi connectivity index (χ0) is 25.7. The molecule has 7 nitrogen and oxygen atoms in total. The lowest BCUT2D eigenvalue weighted by Gasteiger charge is -2.52. The van der Waals surface area contributed by atoms with Crippen LogP contribution in [0.15, 0.2) is 42.6 Å². The average molecular weight is 493 g/mol. The van der Waals surface area contributed by atoms with Gasteiger partial charge in [-0.25, -0.2) is 4.98 Å². The van der Waals surface area contributed by atoms with Crippen LogP contribution in [0.2, 0.25) is 0 Å². The second kappa shape index (κ2) is 11.4. The fourth-order valence-corrected chi connectivity index (χ4v) is 5.28. The number of carbonyl (C=O) groups excluding carboxylic acids is 2. The van der Waals surface area contributed by atoms with Crippen molar-refractivity contribution in [3.8, 4) is 11.6 Å². The van der Waals surface area contributed by atoms with Crippen molar-refractivity contribution in [3.05, 3.63) is 53.7 Å². The van der Waals surface area contributed by atoms with Gasteiger partial charge in [-0.3, -0.25) is 14.5 Å². The highest BCUT2D eigenvalue weighted by molar-refractivity contribution is 6.00. The molecule has 0 aliphatic carbocycles. The SMILES string of the molecule is CCCCN1C(=O)C(CC(C)C)NC(=O)C12CCN(Cc1ccc(Oc3ccc(C)cn3)cc1)CC2. The highest BCUT2D eigenvalue weighted by Gasteiger charge is 2.53. The molecule has 36 heavy (non-hydrogen) atoms. The quantitative estimate of drug-likeness (QED) is 0.550. The number of amides is 2. The molecule has 2 fully saturated rings. The molecule has 1 aromatic heterocycles. The number of likely N-dealkylation sites (tertiary alicyclic amines) is 1. The number of nitrogens with zero attached hydrogens (tertiary/aromatic N) is 3. The number of piperidine rings is 1. The Bertz CT molecular complexity index is 1030. The fraction of sp³-hybridized carbons (Fsp3) is 0.552. The monoisotopic (exact) mass is 492 g/mol. The van der Waals surface area contributed by atoms with Gasteiger partial charge in [0, 0.05) is 38.4 Å². The predicted molar refractivity (Wildman–Crippen MR) is 141 cm³/mol. The Morgan fingerprint density at radius 1 is 1.11 bits per heavy atom. The lowest BCUT2D eigenvalue weighted by molar-refractivity contribution is -0.161. The first-order chi connectivity index (χ1) is 17.3. The van der Waals surface area contributed by atoms with Crippen LogP contribution in [0.1, 0.15) is 64.0 Å². The number of aromatic nitrogens is 1. The van der Waals surface area contributed by atoms with E-state index < -0.39 is 11.6 Å². The van der Waals surface area contributed by atoms with Crippen LogP contribution in [0.25, 0.3) is 0 Å². The van der Waals surface area contributed by atoms with Gasteiger partial charge in [0.15, 0.2) is 0 Å². The Kier molecular flexibility index (Phi) is 8.29. The summed E-state index contributed by atoms with van der Waals surface area (Å²) in [6, 6.07) is 11.5. The molecule has 4 rings (SSSR count). The summed E-state index contributed by atoms with van der Waals surface area (Å²) >= 11 is 0. The molecular weight excluding hydrogens is 452 g/mol. The van der Waals surface area contributed by atoms with E-state index in [1.54, 1.807) is 6.20 Å². The average Bonchev–Trinajstić information content (AvgIpc) is 2.86. The Balaban J connectivity index is 1.38. The summed E-state index contributed by atoms with van der Waals surface area (Å²) in [6.07, 6.45) is 5.75.